The SMILES string of the molecule is CCC[C@H]1CC[C@H](c2ccc(OC(F)(F)CCc3ccc(OCC)c(F)c3F)cc2)CC1. The molecule has 32 heavy (non-hydrogen) atoms. The fraction of sp³-hybridized carbons (Fsp3) is 0.538. The summed E-state index contributed by atoms with van der Waals surface area (Å²) >= 11 is 0. The van der Waals surface area contributed by atoms with E-state index in [1.807, 2.05) is 12.1 Å². The van der Waals surface area contributed by atoms with Gasteiger partial charge in [-0.3, -0.25) is 0 Å². The summed E-state index contributed by atoms with van der Waals surface area (Å²) in [5.74, 6) is -1.20. The Labute approximate surface area is 187 Å². The van der Waals surface area contributed by atoms with Gasteiger partial charge in [0.05, 0.1) is 13.0 Å². The van der Waals surface area contributed by atoms with Crippen molar-refractivity contribution in [3.63, 3.8) is 0 Å². The first-order valence-corrected chi connectivity index (χ1v) is 11.6. The molecule has 176 valence electrons. The van der Waals surface area contributed by atoms with Gasteiger partial charge >= 0.3 is 6.11 Å². The lowest BCUT2D eigenvalue weighted by Gasteiger charge is -2.28. The maximum absolute atomic E-state index is 14.3. The Morgan fingerprint density at radius 3 is 2.22 bits per heavy atom. The summed E-state index contributed by atoms with van der Waals surface area (Å²) in [6.07, 6.45) is 2.58. The molecular weight excluding hydrogens is 420 g/mol. The predicted octanol–water partition coefficient (Wildman–Crippen LogP) is 8.04. The molecule has 2 aromatic rings. The van der Waals surface area contributed by atoms with Gasteiger partial charge < -0.3 is 9.47 Å². The smallest absolute Gasteiger partial charge is 0.398 e. The molecule has 0 N–H and O–H groups in total. The van der Waals surface area contributed by atoms with Gasteiger partial charge in [-0.05, 0) is 80.2 Å². The molecule has 0 radical (unpaired) electrons. The van der Waals surface area contributed by atoms with E-state index in [4.69, 9.17) is 9.47 Å². The molecule has 0 saturated heterocycles. The van der Waals surface area contributed by atoms with Crippen LogP contribution in [0.5, 0.6) is 11.5 Å². The van der Waals surface area contributed by atoms with Gasteiger partial charge in [-0.15, -0.1) is 0 Å². The molecule has 0 spiro atoms. The minimum Gasteiger partial charge on any atom is -0.491 e. The molecule has 0 atom stereocenters. The normalized spacial score (nSPS) is 19.1. The lowest BCUT2D eigenvalue weighted by Crippen LogP contribution is -2.25. The highest BCUT2D eigenvalue weighted by Crippen LogP contribution is 2.38. The second-order valence-electron chi connectivity index (χ2n) is 8.60. The topological polar surface area (TPSA) is 18.5 Å². The summed E-state index contributed by atoms with van der Waals surface area (Å²) in [5.41, 5.74) is 1.02. The van der Waals surface area contributed by atoms with Crippen molar-refractivity contribution in [3.8, 4) is 11.5 Å². The highest BCUT2D eigenvalue weighted by molar-refractivity contribution is 5.32. The van der Waals surface area contributed by atoms with Crippen LogP contribution >= 0.6 is 0 Å². The Morgan fingerprint density at radius 2 is 1.59 bits per heavy atom. The number of aryl methyl sites for hydroxylation is 1. The van der Waals surface area contributed by atoms with Gasteiger partial charge in [0.15, 0.2) is 11.6 Å². The van der Waals surface area contributed by atoms with Gasteiger partial charge in [-0.25, -0.2) is 4.39 Å². The number of hydrogen-bond donors (Lipinski definition) is 0. The van der Waals surface area contributed by atoms with Crippen molar-refractivity contribution in [2.45, 2.75) is 77.2 Å². The van der Waals surface area contributed by atoms with Crippen LogP contribution in [0.15, 0.2) is 36.4 Å². The van der Waals surface area contributed by atoms with Gasteiger partial charge in [0.2, 0.25) is 5.82 Å². The fourth-order valence-electron chi connectivity index (χ4n) is 4.54. The number of ether oxygens (including phenoxy) is 2. The van der Waals surface area contributed by atoms with E-state index in [2.05, 4.69) is 6.92 Å². The summed E-state index contributed by atoms with van der Waals surface area (Å²) in [7, 11) is 0. The van der Waals surface area contributed by atoms with Crippen LogP contribution < -0.4 is 9.47 Å². The standard InChI is InChI=1S/C26H32F4O2/c1-3-5-18-6-8-19(9-7-18)20-10-13-22(14-11-20)32-26(29,30)17-16-21-12-15-23(31-4-2)25(28)24(21)27/h10-15,18-19H,3-9,16-17H2,1-2H3/t18-,19-. The molecule has 0 unspecified atom stereocenters. The molecule has 1 fully saturated rings. The van der Waals surface area contributed by atoms with E-state index < -0.39 is 24.2 Å². The minimum absolute atomic E-state index is 0.0664. The zero-order chi connectivity index (χ0) is 23.1. The lowest BCUT2D eigenvalue weighted by molar-refractivity contribution is -0.180. The Bertz CT molecular complexity index is 859. The number of rotatable bonds is 10. The van der Waals surface area contributed by atoms with E-state index >= 15 is 0 Å². The molecule has 0 amide bonds. The van der Waals surface area contributed by atoms with Gasteiger partial charge in [0.1, 0.15) is 5.75 Å². The number of hydrogen-bond acceptors (Lipinski definition) is 2. The molecule has 0 bridgehead atoms. The molecule has 1 aliphatic carbocycles. The van der Waals surface area contributed by atoms with E-state index in [9.17, 15) is 17.6 Å². The maximum Gasteiger partial charge on any atom is 0.398 e. The number of alkyl halides is 2. The third-order valence-corrected chi connectivity index (χ3v) is 6.27. The lowest BCUT2D eigenvalue weighted by atomic mass is 9.77. The van der Waals surface area contributed by atoms with E-state index in [1.54, 1.807) is 19.1 Å². The van der Waals surface area contributed by atoms with Crippen LogP contribution in [0, 0.1) is 17.6 Å². The highest BCUT2D eigenvalue weighted by Gasteiger charge is 2.32. The van der Waals surface area contributed by atoms with E-state index in [0.29, 0.717) is 5.92 Å². The zero-order valence-corrected chi connectivity index (χ0v) is 18.8. The summed E-state index contributed by atoms with van der Waals surface area (Å²) in [6.45, 7) is 4.04. The first-order chi connectivity index (χ1) is 15.3. The summed E-state index contributed by atoms with van der Waals surface area (Å²) in [6, 6.07) is 9.38. The van der Waals surface area contributed by atoms with Crippen molar-refractivity contribution < 1.29 is 27.0 Å². The van der Waals surface area contributed by atoms with Crippen molar-refractivity contribution in [2.75, 3.05) is 6.61 Å². The van der Waals surface area contributed by atoms with Gasteiger partial charge in [0.25, 0.3) is 0 Å². The van der Waals surface area contributed by atoms with Gasteiger partial charge in [-0.2, -0.15) is 13.2 Å². The zero-order valence-electron chi connectivity index (χ0n) is 18.8. The Kier molecular flexibility index (Phi) is 8.44. The predicted molar refractivity (Wildman–Crippen MR) is 117 cm³/mol. The van der Waals surface area contributed by atoms with E-state index in [0.717, 1.165) is 24.3 Å². The van der Waals surface area contributed by atoms with Crippen LogP contribution in [0.25, 0.3) is 0 Å². The number of halogens is 4. The first-order valence-electron chi connectivity index (χ1n) is 11.6. The third kappa shape index (κ3) is 6.39. The second kappa shape index (κ2) is 11.1. The van der Waals surface area contributed by atoms with Crippen LogP contribution in [0.2, 0.25) is 0 Å². The molecule has 3 rings (SSSR count). The number of benzene rings is 2. The molecule has 6 heteroatoms. The average Bonchev–Trinajstić information content (AvgIpc) is 2.78. The van der Waals surface area contributed by atoms with Crippen molar-refractivity contribution in [3.05, 3.63) is 59.2 Å². The summed E-state index contributed by atoms with van der Waals surface area (Å²) in [5, 5.41) is 0. The van der Waals surface area contributed by atoms with Crippen molar-refractivity contribution in [1.82, 2.24) is 0 Å². The van der Waals surface area contributed by atoms with Crippen LogP contribution in [0.3, 0.4) is 0 Å². The molecule has 2 aromatic carbocycles. The van der Waals surface area contributed by atoms with Gasteiger partial charge in [0, 0.05) is 0 Å². The van der Waals surface area contributed by atoms with Crippen molar-refractivity contribution in [1.29, 1.82) is 0 Å². The van der Waals surface area contributed by atoms with Crippen molar-refractivity contribution in [2.24, 2.45) is 5.92 Å². The second-order valence-corrected chi connectivity index (χ2v) is 8.60. The monoisotopic (exact) mass is 452 g/mol. The Balaban J connectivity index is 1.55. The Hall–Kier alpha value is -2.24. The molecule has 1 aliphatic rings. The van der Waals surface area contributed by atoms with E-state index in [1.165, 1.54) is 37.8 Å². The summed E-state index contributed by atoms with van der Waals surface area (Å²) in [4.78, 5) is 0. The highest BCUT2D eigenvalue weighted by atomic mass is 19.3. The van der Waals surface area contributed by atoms with Crippen LogP contribution in [-0.2, 0) is 6.42 Å². The Morgan fingerprint density at radius 1 is 0.906 bits per heavy atom. The quantitative estimate of drug-likeness (QED) is 0.340. The van der Waals surface area contributed by atoms with E-state index in [-0.39, 0.29) is 30.1 Å². The summed E-state index contributed by atoms with van der Waals surface area (Å²) < 4.78 is 66.6. The van der Waals surface area contributed by atoms with Gasteiger partial charge in [-0.1, -0.05) is 38.0 Å². The molecule has 0 aromatic heterocycles. The molecular formula is C26H32F4O2. The fourth-order valence-corrected chi connectivity index (χ4v) is 4.54. The molecule has 1 saturated carbocycles. The van der Waals surface area contributed by atoms with Crippen LogP contribution in [0.4, 0.5) is 17.6 Å². The van der Waals surface area contributed by atoms with Crippen LogP contribution in [-0.4, -0.2) is 12.7 Å². The molecule has 0 heterocycles. The maximum atomic E-state index is 14.3. The average molecular weight is 453 g/mol. The largest absolute Gasteiger partial charge is 0.491 e. The third-order valence-electron chi connectivity index (χ3n) is 6.27. The molecule has 2 nitrogen and oxygen atoms in total. The van der Waals surface area contributed by atoms with Crippen molar-refractivity contribution >= 4 is 0 Å². The molecule has 0 aliphatic heterocycles. The first kappa shape index (κ1) is 24.4. The van der Waals surface area contributed by atoms with Crippen LogP contribution in [0.1, 0.15) is 75.8 Å². The minimum atomic E-state index is -3.50.